The number of nitrogens with zero attached hydrogens (tertiary/aromatic N) is 1. The summed E-state index contributed by atoms with van der Waals surface area (Å²) in [7, 11) is 0. The third-order valence-corrected chi connectivity index (χ3v) is 6.48. The zero-order chi connectivity index (χ0) is 18.9. The molecule has 0 bridgehead atoms. The van der Waals surface area contributed by atoms with Gasteiger partial charge < -0.3 is 11.1 Å². The molecule has 1 saturated carbocycles. The molecule has 142 valence electrons. The lowest BCUT2D eigenvalue weighted by Gasteiger charge is -2.48. The number of nitrogens with one attached hydrogen (secondary N) is 1. The molecule has 1 atom stereocenters. The molecule has 1 amide bonds. The first-order valence-electron chi connectivity index (χ1n) is 9.98. The molecule has 1 fully saturated rings. The van der Waals surface area contributed by atoms with E-state index in [1.54, 1.807) is 0 Å². The Morgan fingerprint density at radius 3 is 2.52 bits per heavy atom. The van der Waals surface area contributed by atoms with Crippen molar-refractivity contribution >= 4 is 5.91 Å². The van der Waals surface area contributed by atoms with E-state index in [9.17, 15) is 4.79 Å². The van der Waals surface area contributed by atoms with E-state index in [0.717, 1.165) is 32.4 Å². The number of carbonyl (C=O) groups is 1. The van der Waals surface area contributed by atoms with Gasteiger partial charge in [-0.05, 0) is 42.9 Å². The minimum Gasteiger partial charge on any atom is -0.352 e. The maximum absolute atomic E-state index is 12.8. The van der Waals surface area contributed by atoms with Crippen molar-refractivity contribution in [1.82, 2.24) is 10.2 Å². The van der Waals surface area contributed by atoms with Crippen LogP contribution in [0.4, 0.5) is 0 Å². The molecular formula is C23H29N3O. The highest BCUT2D eigenvalue weighted by atomic mass is 16.2. The Kier molecular flexibility index (Phi) is 5.02. The van der Waals surface area contributed by atoms with Crippen molar-refractivity contribution in [2.24, 2.45) is 5.73 Å². The fourth-order valence-electron chi connectivity index (χ4n) is 4.63. The summed E-state index contributed by atoms with van der Waals surface area (Å²) in [5, 5.41) is 3.26. The van der Waals surface area contributed by atoms with Crippen molar-refractivity contribution in [3.8, 4) is 0 Å². The van der Waals surface area contributed by atoms with Crippen molar-refractivity contribution in [2.45, 2.75) is 50.2 Å². The molecule has 0 saturated heterocycles. The molecule has 3 N–H and O–H groups in total. The predicted molar refractivity (Wildman–Crippen MR) is 108 cm³/mol. The molecular weight excluding hydrogens is 334 g/mol. The third kappa shape index (κ3) is 3.52. The maximum atomic E-state index is 12.8. The molecule has 1 unspecified atom stereocenters. The third-order valence-electron chi connectivity index (χ3n) is 6.48. The topological polar surface area (TPSA) is 58.4 Å². The molecule has 1 heterocycles. The van der Waals surface area contributed by atoms with Crippen molar-refractivity contribution in [3.63, 3.8) is 0 Å². The summed E-state index contributed by atoms with van der Waals surface area (Å²) in [6.07, 6.45) is 2.87. The average Bonchev–Trinajstić information content (AvgIpc) is 2.70. The normalized spacial score (nSPS) is 25.9. The molecule has 2 aromatic carbocycles. The fourth-order valence-corrected chi connectivity index (χ4v) is 4.63. The number of amides is 1. The van der Waals surface area contributed by atoms with E-state index >= 15 is 0 Å². The van der Waals surface area contributed by atoms with E-state index < -0.39 is 0 Å². The zero-order valence-corrected chi connectivity index (χ0v) is 16.0. The SMILES string of the molecule is CC(C(=O)NC1CC(CN)(c2ccccc2)C1)N1CCc2ccccc2C1. The van der Waals surface area contributed by atoms with Gasteiger partial charge in [0.2, 0.25) is 5.91 Å². The van der Waals surface area contributed by atoms with Gasteiger partial charge in [0.15, 0.2) is 0 Å². The van der Waals surface area contributed by atoms with Crippen LogP contribution in [0.5, 0.6) is 0 Å². The second kappa shape index (κ2) is 7.45. The number of benzene rings is 2. The minimum atomic E-state index is -0.108. The van der Waals surface area contributed by atoms with Crippen LogP contribution in [0.3, 0.4) is 0 Å². The summed E-state index contributed by atoms with van der Waals surface area (Å²) in [6.45, 7) is 4.44. The van der Waals surface area contributed by atoms with Crippen LogP contribution in [0.15, 0.2) is 54.6 Å². The van der Waals surface area contributed by atoms with Gasteiger partial charge in [-0.3, -0.25) is 9.69 Å². The molecule has 0 aromatic heterocycles. The summed E-state index contributed by atoms with van der Waals surface area (Å²) >= 11 is 0. The summed E-state index contributed by atoms with van der Waals surface area (Å²) in [5.74, 6) is 0.137. The number of fused-ring (bicyclic) bond motifs is 1. The Morgan fingerprint density at radius 1 is 1.15 bits per heavy atom. The minimum absolute atomic E-state index is 0.0203. The molecule has 2 aromatic rings. The van der Waals surface area contributed by atoms with Crippen molar-refractivity contribution in [1.29, 1.82) is 0 Å². The Morgan fingerprint density at radius 2 is 1.81 bits per heavy atom. The molecule has 2 aliphatic rings. The standard InChI is InChI=1S/C23H29N3O/c1-17(26-12-11-18-7-5-6-8-19(18)15-26)22(27)25-21-13-23(14-21,16-24)20-9-3-2-4-10-20/h2-10,17,21H,11-16,24H2,1H3,(H,25,27). The van der Waals surface area contributed by atoms with E-state index in [1.165, 1.54) is 16.7 Å². The number of rotatable bonds is 5. The number of carbonyl (C=O) groups excluding carboxylic acids is 1. The van der Waals surface area contributed by atoms with Crippen molar-refractivity contribution in [2.75, 3.05) is 13.1 Å². The first-order valence-corrected chi connectivity index (χ1v) is 9.98. The number of nitrogens with two attached hydrogens (primary N) is 1. The van der Waals surface area contributed by atoms with Crippen LogP contribution in [0.1, 0.15) is 36.5 Å². The van der Waals surface area contributed by atoms with Crippen LogP contribution in [-0.2, 0) is 23.2 Å². The zero-order valence-electron chi connectivity index (χ0n) is 16.0. The van der Waals surface area contributed by atoms with Gasteiger partial charge in [0.1, 0.15) is 0 Å². The van der Waals surface area contributed by atoms with Gasteiger partial charge in [-0.15, -0.1) is 0 Å². The van der Waals surface area contributed by atoms with Crippen LogP contribution >= 0.6 is 0 Å². The van der Waals surface area contributed by atoms with E-state index in [-0.39, 0.29) is 23.4 Å². The van der Waals surface area contributed by atoms with Gasteiger partial charge in [-0.25, -0.2) is 0 Å². The molecule has 4 rings (SSSR count). The summed E-state index contributed by atoms with van der Waals surface area (Å²) < 4.78 is 0. The van der Waals surface area contributed by atoms with E-state index in [2.05, 4.69) is 58.7 Å². The smallest absolute Gasteiger partial charge is 0.237 e. The van der Waals surface area contributed by atoms with Gasteiger partial charge in [0.25, 0.3) is 0 Å². The Hall–Kier alpha value is -2.17. The van der Waals surface area contributed by atoms with Crippen LogP contribution < -0.4 is 11.1 Å². The van der Waals surface area contributed by atoms with Gasteiger partial charge >= 0.3 is 0 Å². The van der Waals surface area contributed by atoms with Crippen LogP contribution in [0.2, 0.25) is 0 Å². The van der Waals surface area contributed by atoms with E-state index in [0.29, 0.717) is 6.54 Å². The second-order valence-electron chi connectivity index (χ2n) is 8.13. The Labute approximate surface area is 161 Å². The van der Waals surface area contributed by atoms with Gasteiger partial charge in [-0.2, -0.15) is 0 Å². The second-order valence-corrected chi connectivity index (χ2v) is 8.13. The lowest BCUT2D eigenvalue weighted by Crippen LogP contribution is -2.59. The predicted octanol–water partition coefficient (Wildman–Crippen LogP) is 2.61. The molecule has 0 spiro atoms. The van der Waals surface area contributed by atoms with Gasteiger partial charge in [0.05, 0.1) is 6.04 Å². The summed E-state index contributed by atoms with van der Waals surface area (Å²) in [5.41, 5.74) is 10.2. The average molecular weight is 364 g/mol. The highest BCUT2D eigenvalue weighted by Gasteiger charge is 2.45. The van der Waals surface area contributed by atoms with Crippen LogP contribution in [0, 0.1) is 0 Å². The lowest BCUT2D eigenvalue weighted by molar-refractivity contribution is -0.128. The van der Waals surface area contributed by atoms with E-state index in [1.807, 2.05) is 13.0 Å². The highest BCUT2D eigenvalue weighted by molar-refractivity contribution is 5.81. The Bertz CT molecular complexity index is 798. The highest BCUT2D eigenvalue weighted by Crippen LogP contribution is 2.43. The largest absolute Gasteiger partial charge is 0.352 e. The number of hydrogen-bond donors (Lipinski definition) is 2. The fraction of sp³-hybridized carbons (Fsp3) is 0.435. The van der Waals surface area contributed by atoms with Gasteiger partial charge in [0, 0.05) is 31.1 Å². The molecule has 0 radical (unpaired) electrons. The molecule has 27 heavy (non-hydrogen) atoms. The first-order chi connectivity index (χ1) is 13.1. The maximum Gasteiger partial charge on any atom is 0.237 e. The van der Waals surface area contributed by atoms with E-state index in [4.69, 9.17) is 5.73 Å². The van der Waals surface area contributed by atoms with Crippen molar-refractivity contribution in [3.05, 3.63) is 71.3 Å². The quantitative estimate of drug-likeness (QED) is 0.858. The molecule has 1 aliphatic heterocycles. The first kappa shape index (κ1) is 18.2. The van der Waals surface area contributed by atoms with Gasteiger partial charge in [-0.1, -0.05) is 54.6 Å². The van der Waals surface area contributed by atoms with Crippen LogP contribution in [-0.4, -0.2) is 36.0 Å². The summed E-state index contributed by atoms with van der Waals surface area (Å²) in [6, 6.07) is 19.1. The lowest BCUT2D eigenvalue weighted by atomic mass is 9.61. The molecule has 4 nitrogen and oxygen atoms in total. The molecule has 1 aliphatic carbocycles. The molecule has 4 heteroatoms. The van der Waals surface area contributed by atoms with Crippen LogP contribution in [0.25, 0.3) is 0 Å². The van der Waals surface area contributed by atoms with Crippen molar-refractivity contribution < 1.29 is 4.79 Å². The number of hydrogen-bond acceptors (Lipinski definition) is 3. The Balaban J connectivity index is 1.34. The monoisotopic (exact) mass is 363 g/mol. The summed E-state index contributed by atoms with van der Waals surface area (Å²) in [4.78, 5) is 15.1.